The fourth-order valence-electron chi connectivity index (χ4n) is 2.31. The molecule has 112 valence electrons. The van der Waals surface area contributed by atoms with Crippen molar-refractivity contribution in [3.63, 3.8) is 0 Å². The summed E-state index contributed by atoms with van der Waals surface area (Å²) in [6, 6.07) is 7.88. The number of halogens is 1. The molecule has 2 rings (SSSR count). The van der Waals surface area contributed by atoms with E-state index in [1.165, 1.54) is 0 Å². The fourth-order valence-corrected chi connectivity index (χ4v) is 2.31. The van der Waals surface area contributed by atoms with E-state index in [9.17, 15) is 4.79 Å². The summed E-state index contributed by atoms with van der Waals surface area (Å²) in [4.78, 5) is 14.1. The van der Waals surface area contributed by atoms with Crippen LogP contribution in [-0.2, 0) is 4.79 Å². The molecule has 1 aliphatic heterocycles. The summed E-state index contributed by atoms with van der Waals surface area (Å²) in [6.45, 7) is 2.38. The Hall–Kier alpha value is -1.30. The molecule has 1 fully saturated rings. The van der Waals surface area contributed by atoms with Gasteiger partial charge in [0, 0.05) is 12.6 Å². The van der Waals surface area contributed by atoms with Gasteiger partial charge in [-0.25, -0.2) is 0 Å². The normalized spacial score (nSPS) is 17.6. The van der Waals surface area contributed by atoms with Crippen LogP contribution in [0.2, 0.25) is 0 Å². The summed E-state index contributed by atoms with van der Waals surface area (Å²) >= 11 is 0. The van der Waals surface area contributed by atoms with Gasteiger partial charge < -0.3 is 15.4 Å². The van der Waals surface area contributed by atoms with Crippen molar-refractivity contribution < 1.29 is 9.53 Å². The van der Waals surface area contributed by atoms with Crippen molar-refractivity contribution in [3.05, 3.63) is 24.3 Å². The maximum atomic E-state index is 12.0. The van der Waals surface area contributed by atoms with Gasteiger partial charge in [0.25, 0.3) is 0 Å². The van der Waals surface area contributed by atoms with Crippen LogP contribution in [0.25, 0.3) is 0 Å². The van der Waals surface area contributed by atoms with Gasteiger partial charge in [-0.1, -0.05) is 12.1 Å². The number of amides is 1. The Kier molecular flexibility index (Phi) is 6.78. The maximum absolute atomic E-state index is 12.0. The SMILES string of the molecule is COc1ccccc1NC(=O)CN(C)C1CCNC1.Cl. The summed E-state index contributed by atoms with van der Waals surface area (Å²) in [5.74, 6) is 0.667. The third kappa shape index (κ3) is 4.37. The first kappa shape index (κ1) is 16.8. The number of nitrogens with one attached hydrogen (secondary N) is 2. The molecular weight excluding hydrogens is 278 g/mol. The number of rotatable bonds is 5. The molecular formula is C14H22ClN3O2. The van der Waals surface area contributed by atoms with Crippen molar-refractivity contribution >= 4 is 24.0 Å². The number of ether oxygens (including phenoxy) is 1. The second-order valence-corrected chi connectivity index (χ2v) is 4.81. The highest BCUT2D eigenvalue weighted by Gasteiger charge is 2.21. The van der Waals surface area contributed by atoms with Crippen molar-refractivity contribution in [3.8, 4) is 5.75 Å². The minimum atomic E-state index is -0.0149. The molecule has 0 aliphatic carbocycles. The van der Waals surface area contributed by atoms with E-state index in [1.807, 2.05) is 31.3 Å². The average molecular weight is 300 g/mol. The monoisotopic (exact) mass is 299 g/mol. The molecule has 1 saturated heterocycles. The number of para-hydroxylation sites is 2. The molecule has 0 aromatic heterocycles. The zero-order valence-corrected chi connectivity index (χ0v) is 12.7. The molecule has 1 aromatic rings. The molecule has 0 bridgehead atoms. The van der Waals surface area contributed by atoms with Crippen molar-refractivity contribution in [2.75, 3.05) is 39.1 Å². The molecule has 1 amide bonds. The lowest BCUT2D eigenvalue weighted by Crippen LogP contribution is -2.39. The van der Waals surface area contributed by atoms with Gasteiger partial charge >= 0.3 is 0 Å². The second-order valence-electron chi connectivity index (χ2n) is 4.81. The maximum Gasteiger partial charge on any atom is 0.238 e. The van der Waals surface area contributed by atoms with Crippen LogP contribution in [0.3, 0.4) is 0 Å². The Morgan fingerprint density at radius 2 is 2.25 bits per heavy atom. The Balaban J connectivity index is 0.00000200. The Morgan fingerprint density at radius 1 is 1.50 bits per heavy atom. The number of benzene rings is 1. The molecule has 2 N–H and O–H groups in total. The summed E-state index contributed by atoms with van der Waals surface area (Å²) in [5, 5.41) is 6.19. The zero-order valence-electron chi connectivity index (χ0n) is 11.9. The molecule has 1 heterocycles. The summed E-state index contributed by atoms with van der Waals surface area (Å²) in [5.41, 5.74) is 0.716. The molecule has 20 heavy (non-hydrogen) atoms. The largest absolute Gasteiger partial charge is 0.495 e. The minimum Gasteiger partial charge on any atom is -0.495 e. The molecule has 1 unspecified atom stereocenters. The molecule has 0 saturated carbocycles. The van der Waals surface area contributed by atoms with Gasteiger partial charge in [0.05, 0.1) is 19.3 Å². The Morgan fingerprint density at radius 3 is 2.90 bits per heavy atom. The number of hydrogen-bond acceptors (Lipinski definition) is 4. The first-order chi connectivity index (χ1) is 9.20. The predicted octanol–water partition coefficient (Wildman–Crippen LogP) is 1.35. The third-order valence-electron chi connectivity index (χ3n) is 3.43. The number of carbonyl (C=O) groups is 1. The van der Waals surface area contributed by atoms with Crippen LogP contribution in [0, 0.1) is 0 Å². The van der Waals surface area contributed by atoms with Crippen LogP contribution < -0.4 is 15.4 Å². The Bertz CT molecular complexity index is 436. The average Bonchev–Trinajstić information content (AvgIpc) is 2.93. The van der Waals surface area contributed by atoms with Gasteiger partial charge in [-0.2, -0.15) is 0 Å². The van der Waals surface area contributed by atoms with E-state index in [0.717, 1.165) is 19.5 Å². The quantitative estimate of drug-likeness (QED) is 0.862. The highest BCUT2D eigenvalue weighted by molar-refractivity contribution is 5.93. The van der Waals surface area contributed by atoms with E-state index < -0.39 is 0 Å². The van der Waals surface area contributed by atoms with Gasteiger partial charge in [0.2, 0.25) is 5.91 Å². The summed E-state index contributed by atoms with van der Waals surface area (Å²) in [7, 11) is 3.58. The molecule has 1 atom stereocenters. The molecule has 6 heteroatoms. The molecule has 5 nitrogen and oxygen atoms in total. The molecule has 0 radical (unpaired) electrons. The van der Waals surface area contributed by atoms with E-state index >= 15 is 0 Å². The second kappa shape index (κ2) is 8.09. The lowest BCUT2D eigenvalue weighted by molar-refractivity contribution is -0.117. The van der Waals surface area contributed by atoms with Crippen LogP contribution in [0.4, 0.5) is 5.69 Å². The number of likely N-dealkylation sites (N-methyl/N-ethyl adjacent to an activating group) is 1. The number of anilines is 1. The number of hydrogen-bond donors (Lipinski definition) is 2. The van der Waals surface area contributed by atoms with E-state index in [1.54, 1.807) is 7.11 Å². The summed E-state index contributed by atoms with van der Waals surface area (Å²) < 4.78 is 5.21. The lowest BCUT2D eigenvalue weighted by Gasteiger charge is -2.22. The van der Waals surface area contributed by atoms with E-state index in [0.29, 0.717) is 24.0 Å². The fraction of sp³-hybridized carbons (Fsp3) is 0.500. The number of nitrogens with zero attached hydrogens (tertiary/aromatic N) is 1. The number of carbonyl (C=O) groups excluding carboxylic acids is 1. The molecule has 1 aromatic carbocycles. The van der Waals surface area contributed by atoms with Gasteiger partial charge in [-0.3, -0.25) is 9.69 Å². The van der Waals surface area contributed by atoms with Crippen molar-refractivity contribution in [2.24, 2.45) is 0 Å². The Labute approximate surface area is 126 Å². The zero-order chi connectivity index (χ0) is 13.7. The molecule has 1 aliphatic rings. The molecule has 0 spiro atoms. The minimum absolute atomic E-state index is 0. The first-order valence-electron chi connectivity index (χ1n) is 6.54. The third-order valence-corrected chi connectivity index (χ3v) is 3.43. The van der Waals surface area contributed by atoms with Crippen LogP contribution in [0.5, 0.6) is 5.75 Å². The standard InChI is InChI=1S/C14H21N3O2.ClH/c1-17(11-7-8-15-9-11)10-14(18)16-12-5-3-4-6-13(12)19-2;/h3-6,11,15H,7-10H2,1-2H3,(H,16,18);1H. The predicted molar refractivity (Wildman–Crippen MR) is 82.8 cm³/mol. The van der Waals surface area contributed by atoms with Crippen LogP contribution in [0.15, 0.2) is 24.3 Å². The van der Waals surface area contributed by atoms with Gasteiger partial charge in [0.15, 0.2) is 0 Å². The van der Waals surface area contributed by atoms with Crippen molar-refractivity contribution in [2.45, 2.75) is 12.5 Å². The number of methoxy groups -OCH3 is 1. The van der Waals surface area contributed by atoms with Gasteiger partial charge in [-0.05, 0) is 32.1 Å². The van der Waals surface area contributed by atoms with Crippen molar-refractivity contribution in [1.29, 1.82) is 0 Å². The lowest BCUT2D eigenvalue weighted by atomic mass is 10.2. The summed E-state index contributed by atoms with van der Waals surface area (Å²) in [6.07, 6.45) is 1.10. The first-order valence-corrected chi connectivity index (χ1v) is 6.54. The van der Waals surface area contributed by atoms with Crippen LogP contribution in [0.1, 0.15) is 6.42 Å². The van der Waals surface area contributed by atoms with Gasteiger partial charge in [0.1, 0.15) is 5.75 Å². The van der Waals surface area contributed by atoms with Crippen LogP contribution in [-0.4, -0.2) is 50.6 Å². The van der Waals surface area contributed by atoms with Gasteiger partial charge in [-0.15, -0.1) is 12.4 Å². The topological polar surface area (TPSA) is 53.6 Å². The van der Waals surface area contributed by atoms with E-state index in [-0.39, 0.29) is 18.3 Å². The van der Waals surface area contributed by atoms with Crippen molar-refractivity contribution in [1.82, 2.24) is 10.2 Å². The smallest absolute Gasteiger partial charge is 0.238 e. The van der Waals surface area contributed by atoms with E-state index in [4.69, 9.17) is 4.74 Å². The van der Waals surface area contributed by atoms with Crippen LogP contribution >= 0.6 is 12.4 Å². The van der Waals surface area contributed by atoms with E-state index in [2.05, 4.69) is 15.5 Å². The highest BCUT2D eigenvalue weighted by atomic mass is 35.5. The highest BCUT2D eigenvalue weighted by Crippen LogP contribution is 2.22.